The molecule has 3 aromatic carbocycles. The summed E-state index contributed by atoms with van der Waals surface area (Å²) in [7, 11) is -3.93. The Morgan fingerprint density at radius 3 is 2.50 bits per heavy atom. The van der Waals surface area contributed by atoms with Gasteiger partial charge in [0.15, 0.2) is 11.5 Å². The summed E-state index contributed by atoms with van der Waals surface area (Å²) in [5.41, 5.74) is 0.804. The number of ether oxygens (including phenoxy) is 2. The van der Waals surface area contributed by atoms with E-state index in [4.69, 9.17) is 9.47 Å². The Hall–Kier alpha value is -3.59. The first-order valence-electron chi connectivity index (χ1n) is 9.91. The molecule has 1 unspecified atom stereocenters. The predicted octanol–water partition coefficient (Wildman–Crippen LogP) is 3.89. The summed E-state index contributed by atoms with van der Waals surface area (Å²) in [5, 5.41) is 2.72. The number of hydrogen-bond donors (Lipinski definition) is 2. The highest BCUT2D eigenvalue weighted by atomic mass is 32.2. The van der Waals surface area contributed by atoms with E-state index in [1.54, 1.807) is 37.3 Å². The fourth-order valence-corrected chi connectivity index (χ4v) is 4.38. The molecular weight excluding hydrogens is 435 g/mol. The largest absolute Gasteiger partial charge is 0.486 e. The molecule has 7 nitrogen and oxygen atoms in total. The van der Waals surface area contributed by atoms with Crippen LogP contribution < -0.4 is 19.5 Å². The maximum atomic E-state index is 14.0. The molecule has 9 heteroatoms. The molecule has 0 fully saturated rings. The Balaban J connectivity index is 1.50. The Bertz CT molecular complexity index is 1260. The van der Waals surface area contributed by atoms with Gasteiger partial charge in [-0.2, -0.15) is 0 Å². The fourth-order valence-electron chi connectivity index (χ4n) is 3.31. The van der Waals surface area contributed by atoms with Crippen LogP contribution in [0.5, 0.6) is 11.5 Å². The van der Waals surface area contributed by atoms with Crippen LogP contribution in [0.3, 0.4) is 0 Å². The fraction of sp³-hybridized carbons (Fsp3) is 0.174. The third-order valence-electron chi connectivity index (χ3n) is 4.92. The zero-order chi connectivity index (χ0) is 22.7. The smallest absolute Gasteiger partial charge is 0.262 e. The second-order valence-electron chi connectivity index (χ2n) is 7.21. The number of carbonyl (C=O) groups excluding carboxylic acids is 1. The average molecular weight is 456 g/mol. The third kappa shape index (κ3) is 4.67. The molecule has 1 amide bonds. The van der Waals surface area contributed by atoms with E-state index in [9.17, 15) is 17.6 Å². The van der Waals surface area contributed by atoms with Gasteiger partial charge in [0.2, 0.25) is 0 Å². The van der Waals surface area contributed by atoms with Crippen molar-refractivity contribution in [3.63, 3.8) is 0 Å². The summed E-state index contributed by atoms with van der Waals surface area (Å²) in [5.74, 6) is -0.0328. The Labute approximate surface area is 185 Å². The first-order chi connectivity index (χ1) is 15.3. The van der Waals surface area contributed by atoms with Crippen LogP contribution >= 0.6 is 0 Å². The number of amides is 1. The van der Waals surface area contributed by atoms with Crippen LogP contribution in [0.2, 0.25) is 0 Å². The minimum Gasteiger partial charge on any atom is -0.486 e. The number of rotatable bonds is 6. The van der Waals surface area contributed by atoms with E-state index in [2.05, 4.69) is 10.0 Å². The number of fused-ring (bicyclic) bond motifs is 1. The number of sulfonamides is 1. The molecule has 166 valence electrons. The number of hydrogen-bond acceptors (Lipinski definition) is 5. The van der Waals surface area contributed by atoms with Gasteiger partial charge >= 0.3 is 0 Å². The summed E-state index contributed by atoms with van der Waals surface area (Å²) < 4.78 is 52.9. The van der Waals surface area contributed by atoms with E-state index in [0.717, 1.165) is 0 Å². The highest BCUT2D eigenvalue weighted by Crippen LogP contribution is 2.32. The highest BCUT2D eigenvalue weighted by Gasteiger charge is 2.20. The molecule has 32 heavy (non-hydrogen) atoms. The van der Waals surface area contributed by atoms with Crippen molar-refractivity contribution in [1.29, 1.82) is 0 Å². The number of halogens is 1. The van der Waals surface area contributed by atoms with E-state index >= 15 is 0 Å². The van der Waals surface area contributed by atoms with Crippen LogP contribution in [0.25, 0.3) is 0 Å². The quantitative estimate of drug-likeness (QED) is 0.587. The van der Waals surface area contributed by atoms with Crippen molar-refractivity contribution in [3.05, 3.63) is 83.7 Å². The zero-order valence-electron chi connectivity index (χ0n) is 17.2. The summed E-state index contributed by atoms with van der Waals surface area (Å²) in [4.78, 5) is 12.7. The van der Waals surface area contributed by atoms with Crippen molar-refractivity contribution in [1.82, 2.24) is 5.32 Å². The first kappa shape index (κ1) is 21.6. The molecule has 2 N–H and O–H groups in total. The van der Waals surface area contributed by atoms with E-state index in [-0.39, 0.29) is 16.1 Å². The molecule has 0 aliphatic carbocycles. The molecule has 0 saturated heterocycles. The summed E-state index contributed by atoms with van der Waals surface area (Å²) in [6.07, 6.45) is 0. The lowest BCUT2D eigenvalue weighted by molar-refractivity contribution is 0.0939. The summed E-state index contributed by atoms with van der Waals surface area (Å²) in [6, 6.07) is 16.0. The molecule has 1 aliphatic heterocycles. The second-order valence-corrected chi connectivity index (χ2v) is 8.89. The molecule has 0 radical (unpaired) electrons. The van der Waals surface area contributed by atoms with Crippen LogP contribution in [0.4, 0.5) is 10.1 Å². The van der Waals surface area contributed by atoms with Gasteiger partial charge in [-0.1, -0.05) is 24.3 Å². The lowest BCUT2D eigenvalue weighted by atomic mass is 10.1. The van der Waals surface area contributed by atoms with E-state index in [1.165, 1.54) is 36.4 Å². The SMILES string of the molecule is CC(NC(=O)c1cccc(NS(=O)(=O)c2ccc3c(c2)OCCO3)c1)c1ccccc1F. The minimum atomic E-state index is -3.93. The normalized spacial score (nSPS) is 13.8. The molecule has 3 aromatic rings. The molecule has 1 atom stereocenters. The molecule has 1 aliphatic rings. The first-order valence-corrected chi connectivity index (χ1v) is 11.4. The monoisotopic (exact) mass is 456 g/mol. The Kier molecular flexibility index (Phi) is 6.00. The molecule has 0 bridgehead atoms. The maximum absolute atomic E-state index is 14.0. The number of carbonyl (C=O) groups is 1. The van der Waals surface area contributed by atoms with Crippen molar-refractivity contribution in [3.8, 4) is 11.5 Å². The molecule has 1 heterocycles. The summed E-state index contributed by atoms with van der Waals surface area (Å²) in [6.45, 7) is 2.42. The molecule has 0 aromatic heterocycles. The lowest BCUT2D eigenvalue weighted by Gasteiger charge is -2.19. The van der Waals surface area contributed by atoms with Gasteiger partial charge < -0.3 is 14.8 Å². The van der Waals surface area contributed by atoms with E-state index in [1.807, 2.05) is 0 Å². The van der Waals surface area contributed by atoms with Gasteiger partial charge in [-0.3, -0.25) is 9.52 Å². The molecular formula is C23H21FN2O5S. The maximum Gasteiger partial charge on any atom is 0.262 e. The van der Waals surface area contributed by atoms with Gasteiger partial charge in [-0.15, -0.1) is 0 Å². The molecule has 4 rings (SSSR count). The van der Waals surface area contributed by atoms with Crippen LogP contribution in [-0.4, -0.2) is 27.5 Å². The van der Waals surface area contributed by atoms with Gasteiger partial charge in [0.25, 0.3) is 15.9 Å². The van der Waals surface area contributed by atoms with Gasteiger partial charge in [-0.05, 0) is 43.3 Å². The minimum absolute atomic E-state index is 0.00443. The number of nitrogens with one attached hydrogen (secondary N) is 2. The number of anilines is 1. The zero-order valence-corrected chi connectivity index (χ0v) is 18.0. The number of benzene rings is 3. The van der Waals surface area contributed by atoms with Crippen LogP contribution in [0, 0.1) is 5.82 Å². The highest BCUT2D eigenvalue weighted by molar-refractivity contribution is 7.92. The molecule has 0 saturated carbocycles. The topological polar surface area (TPSA) is 93.7 Å². The Morgan fingerprint density at radius 1 is 0.969 bits per heavy atom. The standard InChI is InChI=1S/C23H21FN2O5S/c1-15(19-7-2-3-8-20(19)24)25-23(27)16-5-4-6-17(13-16)26-32(28,29)18-9-10-21-22(14-18)31-12-11-30-21/h2-10,13-15,26H,11-12H2,1H3,(H,25,27). The van der Waals surface area contributed by atoms with Gasteiger partial charge in [0.05, 0.1) is 10.9 Å². The van der Waals surface area contributed by atoms with E-state index in [0.29, 0.717) is 30.3 Å². The van der Waals surface area contributed by atoms with Crippen LogP contribution in [-0.2, 0) is 10.0 Å². The van der Waals surface area contributed by atoms with Gasteiger partial charge in [0, 0.05) is 22.9 Å². The predicted molar refractivity (Wildman–Crippen MR) is 117 cm³/mol. The summed E-state index contributed by atoms with van der Waals surface area (Å²) >= 11 is 0. The van der Waals surface area contributed by atoms with Gasteiger partial charge in [-0.25, -0.2) is 12.8 Å². The Morgan fingerprint density at radius 2 is 1.72 bits per heavy atom. The van der Waals surface area contributed by atoms with Crippen molar-refractivity contribution in [2.45, 2.75) is 17.9 Å². The lowest BCUT2D eigenvalue weighted by Crippen LogP contribution is -2.27. The van der Waals surface area contributed by atoms with Crippen molar-refractivity contribution in [2.24, 2.45) is 0 Å². The van der Waals surface area contributed by atoms with Crippen molar-refractivity contribution < 1.29 is 27.1 Å². The molecule has 0 spiro atoms. The average Bonchev–Trinajstić information content (AvgIpc) is 2.79. The van der Waals surface area contributed by atoms with Crippen molar-refractivity contribution in [2.75, 3.05) is 17.9 Å². The van der Waals surface area contributed by atoms with Crippen molar-refractivity contribution >= 4 is 21.6 Å². The third-order valence-corrected chi connectivity index (χ3v) is 6.30. The second kappa shape index (κ2) is 8.88. The van der Waals surface area contributed by atoms with E-state index < -0.39 is 27.8 Å². The van der Waals surface area contributed by atoms with Gasteiger partial charge in [0.1, 0.15) is 19.0 Å². The van der Waals surface area contributed by atoms with Crippen LogP contribution in [0.15, 0.2) is 71.6 Å². The van der Waals surface area contributed by atoms with Crippen LogP contribution in [0.1, 0.15) is 28.9 Å².